The van der Waals surface area contributed by atoms with Crippen LogP contribution in [0.15, 0.2) is 53.4 Å². The molecule has 148 valence electrons. The minimum absolute atomic E-state index is 0.366. The molecule has 2 aliphatic rings. The van der Waals surface area contributed by atoms with Crippen LogP contribution >= 0.6 is 0 Å². The Morgan fingerprint density at radius 2 is 1.71 bits per heavy atom. The van der Waals surface area contributed by atoms with Gasteiger partial charge in [0.2, 0.25) is 10.0 Å². The Morgan fingerprint density at radius 3 is 2.46 bits per heavy atom. The zero-order valence-corrected chi connectivity index (χ0v) is 17.0. The average molecular weight is 399 g/mol. The lowest BCUT2D eigenvalue weighted by molar-refractivity contribution is 0.122. The van der Waals surface area contributed by atoms with Crippen molar-refractivity contribution in [2.24, 2.45) is 0 Å². The summed E-state index contributed by atoms with van der Waals surface area (Å²) in [5.74, 6) is 0. The Bertz CT molecular complexity index is 962. The third kappa shape index (κ3) is 3.99. The number of morpholine rings is 1. The van der Waals surface area contributed by atoms with Gasteiger partial charge in [0, 0.05) is 32.4 Å². The molecule has 0 N–H and O–H groups in total. The van der Waals surface area contributed by atoms with Gasteiger partial charge in [-0.25, -0.2) is 8.42 Å². The van der Waals surface area contributed by atoms with E-state index in [0.717, 1.165) is 49.5 Å². The molecule has 0 spiro atoms. The lowest BCUT2D eigenvalue weighted by Gasteiger charge is -2.29. The maximum Gasteiger partial charge on any atom is 0.239 e. The third-order valence-electron chi connectivity index (χ3n) is 5.47. The van der Waals surface area contributed by atoms with Crippen molar-refractivity contribution in [1.29, 1.82) is 0 Å². The monoisotopic (exact) mass is 398 g/mol. The first-order chi connectivity index (χ1) is 13.5. The zero-order valence-electron chi connectivity index (χ0n) is 16.2. The molecule has 2 aromatic carbocycles. The van der Waals surface area contributed by atoms with Crippen molar-refractivity contribution in [3.05, 3.63) is 70.1 Å². The van der Waals surface area contributed by atoms with Crippen LogP contribution in [0.5, 0.6) is 0 Å². The summed E-state index contributed by atoms with van der Waals surface area (Å²) in [7, 11) is -1.81. The summed E-state index contributed by atoms with van der Waals surface area (Å²) in [6.45, 7) is 3.65. The SMILES string of the molecule is CN(Cc1ccc(N2CCOCC2)cc1)S(=O)(=O)C1=Cc2ccccc2CC1. The van der Waals surface area contributed by atoms with E-state index in [1.54, 1.807) is 7.05 Å². The number of sulfonamides is 1. The van der Waals surface area contributed by atoms with Crippen molar-refractivity contribution in [2.75, 3.05) is 38.3 Å². The fraction of sp³-hybridized carbons (Fsp3) is 0.364. The number of ether oxygens (including phenoxy) is 1. The van der Waals surface area contributed by atoms with Crippen LogP contribution < -0.4 is 4.90 Å². The Morgan fingerprint density at radius 1 is 1.00 bits per heavy atom. The average Bonchev–Trinajstić information content (AvgIpc) is 2.74. The van der Waals surface area contributed by atoms with Crippen LogP contribution in [0, 0.1) is 0 Å². The topological polar surface area (TPSA) is 49.9 Å². The van der Waals surface area contributed by atoms with E-state index < -0.39 is 10.0 Å². The van der Waals surface area contributed by atoms with Gasteiger partial charge in [-0.2, -0.15) is 4.31 Å². The van der Waals surface area contributed by atoms with E-state index in [4.69, 9.17) is 4.74 Å². The van der Waals surface area contributed by atoms with E-state index in [1.165, 1.54) is 9.87 Å². The zero-order chi connectivity index (χ0) is 19.6. The molecule has 1 aliphatic heterocycles. The number of allylic oxidation sites excluding steroid dienone is 1. The number of rotatable bonds is 5. The van der Waals surface area contributed by atoms with Crippen LogP contribution in [0.3, 0.4) is 0 Å². The molecule has 2 aromatic rings. The van der Waals surface area contributed by atoms with Gasteiger partial charge in [0.05, 0.1) is 18.1 Å². The second kappa shape index (κ2) is 8.07. The predicted molar refractivity (Wildman–Crippen MR) is 113 cm³/mol. The van der Waals surface area contributed by atoms with Crippen molar-refractivity contribution >= 4 is 21.8 Å². The highest BCUT2D eigenvalue weighted by molar-refractivity contribution is 7.93. The molecule has 1 heterocycles. The number of aryl methyl sites for hydroxylation is 1. The summed E-state index contributed by atoms with van der Waals surface area (Å²) in [5, 5.41) is 0. The van der Waals surface area contributed by atoms with Crippen molar-refractivity contribution in [3.63, 3.8) is 0 Å². The van der Waals surface area contributed by atoms with Crippen LogP contribution in [0.4, 0.5) is 5.69 Å². The molecule has 0 amide bonds. The van der Waals surface area contributed by atoms with Gasteiger partial charge in [0.15, 0.2) is 0 Å². The Balaban J connectivity index is 1.47. The van der Waals surface area contributed by atoms with Crippen molar-refractivity contribution < 1.29 is 13.2 Å². The lowest BCUT2D eigenvalue weighted by atomic mass is 9.98. The van der Waals surface area contributed by atoms with Gasteiger partial charge < -0.3 is 9.64 Å². The van der Waals surface area contributed by atoms with E-state index in [-0.39, 0.29) is 0 Å². The van der Waals surface area contributed by atoms with Crippen LogP contribution in [0.2, 0.25) is 0 Å². The molecule has 5 nitrogen and oxygen atoms in total. The standard InChI is InChI=1S/C22H26N2O3S/c1-23(17-18-6-9-21(10-7-18)24-12-14-27-15-13-24)28(25,26)22-11-8-19-4-2-3-5-20(19)16-22/h2-7,9-10,16H,8,11-15,17H2,1H3. The van der Waals surface area contributed by atoms with E-state index in [0.29, 0.717) is 17.9 Å². The molecular formula is C22H26N2O3S. The summed E-state index contributed by atoms with van der Waals surface area (Å²) >= 11 is 0. The quantitative estimate of drug-likeness (QED) is 0.776. The number of benzene rings is 2. The molecular weight excluding hydrogens is 372 g/mol. The lowest BCUT2D eigenvalue weighted by Crippen LogP contribution is -2.36. The fourth-order valence-electron chi connectivity index (χ4n) is 3.79. The van der Waals surface area contributed by atoms with Crippen molar-refractivity contribution in [1.82, 2.24) is 4.31 Å². The first-order valence-corrected chi connectivity index (χ1v) is 11.1. The molecule has 0 radical (unpaired) electrons. The van der Waals surface area contributed by atoms with Gasteiger partial charge >= 0.3 is 0 Å². The van der Waals surface area contributed by atoms with Crippen LogP contribution in [-0.2, 0) is 27.7 Å². The predicted octanol–water partition coefficient (Wildman–Crippen LogP) is 3.27. The van der Waals surface area contributed by atoms with E-state index in [2.05, 4.69) is 23.1 Å². The van der Waals surface area contributed by atoms with Gasteiger partial charge in [0.25, 0.3) is 0 Å². The summed E-state index contributed by atoms with van der Waals surface area (Å²) in [6, 6.07) is 16.2. The summed E-state index contributed by atoms with van der Waals surface area (Å²) in [5.41, 5.74) is 4.36. The van der Waals surface area contributed by atoms with Gasteiger partial charge in [-0.15, -0.1) is 0 Å². The molecule has 0 saturated carbocycles. The number of hydrogen-bond donors (Lipinski definition) is 0. The number of hydrogen-bond acceptors (Lipinski definition) is 4. The van der Waals surface area contributed by atoms with Gasteiger partial charge in [-0.3, -0.25) is 0 Å². The maximum atomic E-state index is 13.0. The molecule has 6 heteroatoms. The van der Waals surface area contributed by atoms with Gasteiger partial charge in [0.1, 0.15) is 0 Å². The van der Waals surface area contributed by atoms with Gasteiger partial charge in [-0.1, -0.05) is 36.4 Å². The molecule has 0 bridgehead atoms. The highest BCUT2D eigenvalue weighted by Crippen LogP contribution is 2.29. The molecule has 4 rings (SSSR count). The number of fused-ring (bicyclic) bond motifs is 1. The minimum atomic E-state index is -3.47. The molecule has 0 atom stereocenters. The maximum absolute atomic E-state index is 13.0. The first kappa shape index (κ1) is 19.2. The third-order valence-corrected chi connectivity index (χ3v) is 7.41. The first-order valence-electron chi connectivity index (χ1n) is 9.70. The highest BCUT2D eigenvalue weighted by Gasteiger charge is 2.26. The molecule has 0 aromatic heterocycles. The number of anilines is 1. The normalized spacial score (nSPS) is 17.4. The summed E-state index contributed by atoms with van der Waals surface area (Å²) < 4.78 is 32.9. The highest BCUT2D eigenvalue weighted by atomic mass is 32.2. The second-order valence-corrected chi connectivity index (χ2v) is 9.43. The van der Waals surface area contributed by atoms with E-state index >= 15 is 0 Å². The molecule has 1 aliphatic carbocycles. The molecule has 1 saturated heterocycles. The second-order valence-electron chi connectivity index (χ2n) is 7.34. The Hall–Kier alpha value is -2.15. The molecule has 28 heavy (non-hydrogen) atoms. The molecule has 0 unspecified atom stereocenters. The van der Waals surface area contributed by atoms with Gasteiger partial charge in [-0.05, 0) is 47.7 Å². The fourth-order valence-corrected chi connectivity index (χ4v) is 5.14. The minimum Gasteiger partial charge on any atom is -0.378 e. The van der Waals surface area contributed by atoms with Crippen LogP contribution in [0.25, 0.3) is 6.08 Å². The molecule has 1 fully saturated rings. The summed E-state index contributed by atoms with van der Waals surface area (Å²) in [4.78, 5) is 2.79. The van der Waals surface area contributed by atoms with Crippen LogP contribution in [-0.4, -0.2) is 46.1 Å². The van der Waals surface area contributed by atoms with Crippen molar-refractivity contribution in [3.8, 4) is 0 Å². The van der Waals surface area contributed by atoms with Crippen LogP contribution in [0.1, 0.15) is 23.1 Å². The largest absolute Gasteiger partial charge is 0.378 e. The smallest absolute Gasteiger partial charge is 0.239 e. The number of nitrogens with zero attached hydrogens (tertiary/aromatic N) is 2. The van der Waals surface area contributed by atoms with E-state index in [9.17, 15) is 8.42 Å². The van der Waals surface area contributed by atoms with Crippen molar-refractivity contribution in [2.45, 2.75) is 19.4 Å². The Labute approximate surface area is 167 Å². The summed E-state index contributed by atoms with van der Waals surface area (Å²) in [6.07, 6.45) is 3.15. The Kier molecular flexibility index (Phi) is 5.53. The van der Waals surface area contributed by atoms with E-state index in [1.807, 2.05) is 36.4 Å².